The van der Waals surface area contributed by atoms with Crippen molar-refractivity contribution in [3.63, 3.8) is 0 Å². The molecule has 0 spiro atoms. The van der Waals surface area contributed by atoms with Gasteiger partial charge < -0.3 is 4.90 Å². The van der Waals surface area contributed by atoms with Crippen molar-refractivity contribution in [1.29, 1.82) is 0 Å². The number of nitrogens with zero attached hydrogens (tertiary/aromatic N) is 1. The van der Waals surface area contributed by atoms with Gasteiger partial charge in [-0.15, -0.1) is 0 Å². The zero-order chi connectivity index (χ0) is 9.68. The monoisotopic (exact) mass is 183 g/mol. The highest BCUT2D eigenvalue weighted by molar-refractivity contribution is 4.72. The second-order valence-corrected chi connectivity index (χ2v) is 4.69. The van der Waals surface area contributed by atoms with Crippen molar-refractivity contribution in [3.8, 4) is 0 Å². The normalized spacial score (nSPS) is 24.2. The van der Waals surface area contributed by atoms with Crippen LogP contribution >= 0.6 is 0 Å². The number of rotatable bonds is 4. The van der Waals surface area contributed by atoms with Gasteiger partial charge in [-0.05, 0) is 45.2 Å². The molecule has 0 radical (unpaired) electrons. The van der Waals surface area contributed by atoms with E-state index in [4.69, 9.17) is 0 Å². The van der Waals surface area contributed by atoms with Gasteiger partial charge in [-0.1, -0.05) is 26.7 Å². The Labute approximate surface area is 83.5 Å². The summed E-state index contributed by atoms with van der Waals surface area (Å²) in [5.41, 5.74) is 0. The molecule has 0 aromatic rings. The number of piperidine rings is 1. The van der Waals surface area contributed by atoms with Gasteiger partial charge in [0.1, 0.15) is 0 Å². The minimum atomic E-state index is 0.815. The van der Waals surface area contributed by atoms with Crippen molar-refractivity contribution in [2.45, 2.75) is 58.9 Å². The second kappa shape index (κ2) is 5.64. The van der Waals surface area contributed by atoms with E-state index in [1.165, 1.54) is 45.2 Å². The highest BCUT2D eigenvalue weighted by Gasteiger charge is 2.17. The van der Waals surface area contributed by atoms with Crippen LogP contribution in [0, 0.1) is 5.92 Å². The van der Waals surface area contributed by atoms with Crippen LogP contribution in [0.4, 0.5) is 0 Å². The van der Waals surface area contributed by atoms with Crippen molar-refractivity contribution in [3.05, 3.63) is 0 Å². The molecule has 1 saturated heterocycles. The lowest BCUT2D eigenvalue weighted by molar-refractivity contribution is 0.153. The van der Waals surface area contributed by atoms with E-state index >= 15 is 0 Å². The first-order chi connectivity index (χ1) is 6.24. The Kier molecular flexibility index (Phi) is 4.79. The molecule has 0 N–H and O–H groups in total. The standard InChI is InChI=1S/C12H25N/c1-4-11(2)10-12(3)13-8-6-5-7-9-13/h11-12H,4-10H2,1-3H3. The van der Waals surface area contributed by atoms with Gasteiger partial charge in [-0.2, -0.15) is 0 Å². The Morgan fingerprint density at radius 3 is 2.23 bits per heavy atom. The summed E-state index contributed by atoms with van der Waals surface area (Å²) < 4.78 is 0. The third-order valence-electron chi connectivity index (χ3n) is 3.45. The minimum Gasteiger partial charge on any atom is -0.301 e. The van der Waals surface area contributed by atoms with Crippen molar-refractivity contribution in [2.24, 2.45) is 5.92 Å². The molecule has 1 nitrogen and oxygen atoms in total. The zero-order valence-electron chi connectivity index (χ0n) is 9.55. The van der Waals surface area contributed by atoms with Crippen LogP contribution in [0.25, 0.3) is 0 Å². The lowest BCUT2D eigenvalue weighted by atomic mass is 9.98. The fraction of sp³-hybridized carbons (Fsp3) is 1.00. The third kappa shape index (κ3) is 3.68. The lowest BCUT2D eigenvalue weighted by Crippen LogP contribution is -2.38. The maximum absolute atomic E-state index is 2.68. The Hall–Kier alpha value is -0.0400. The molecule has 13 heavy (non-hydrogen) atoms. The first-order valence-corrected chi connectivity index (χ1v) is 5.98. The van der Waals surface area contributed by atoms with Crippen LogP contribution < -0.4 is 0 Å². The molecule has 78 valence electrons. The Morgan fingerprint density at radius 2 is 1.69 bits per heavy atom. The molecular weight excluding hydrogens is 158 g/mol. The van der Waals surface area contributed by atoms with E-state index < -0.39 is 0 Å². The van der Waals surface area contributed by atoms with Gasteiger partial charge in [-0.25, -0.2) is 0 Å². The van der Waals surface area contributed by atoms with Crippen molar-refractivity contribution in [2.75, 3.05) is 13.1 Å². The maximum Gasteiger partial charge on any atom is 0.00694 e. The van der Waals surface area contributed by atoms with Gasteiger partial charge in [0.05, 0.1) is 0 Å². The molecule has 1 heterocycles. The van der Waals surface area contributed by atoms with Gasteiger partial charge in [0.15, 0.2) is 0 Å². The van der Waals surface area contributed by atoms with Gasteiger partial charge >= 0.3 is 0 Å². The van der Waals surface area contributed by atoms with E-state index in [1.807, 2.05) is 0 Å². The molecule has 0 aromatic heterocycles. The SMILES string of the molecule is CCC(C)CC(C)N1CCCCC1. The summed E-state index contributed by atoms with van der Waals surface area (Å²) in [6, 6.07) is 0.815. The number of hydrogen-bond donors (Lipinski definition) is 0. The summed E-state index contributed by atoms with van der Waals surface area (Å²) >= 11 is 0. The summed E-state index contributed by atoms with van der Waals surface area (Å²) in [6.07, 6.45) is 7.01. The quantitative estimate of drug-likeness (QED) is 0.646. The molecule has 0 aromatic carbocycles. The zero-order valence-corrected chi connectivity index (χ0v) is 9.55. The molecule has 0 bridgehead atoms. The average Bonchev–Trinajstić information content (AvgIpc) is 2.19. The number of likely N-dealkylation sites (tertiary alicyclic amines) is 1. The molecule has 2 unspecified atom stereocenters. The summed E-state index contributed by atoms with van der Waals surface area (Å²) in [6.45, 7) is 9.76. The minimum absolute atomic E-state index is 0.815. The van der Waals surface area contributed by atoms with Crippen LogP contribution in [0.3, 0.4) is 0 Å². The summed E-state index contributed by atoms with van der Waals surface area (Å²) in [7, 11) is 0. The molecule has 1 aliphatic rings. The Bertz CT molecular complexity index is 127. The third-order valence-corrected chi connectivity index (χ3v) is 3.45. The molecule has 0 amide bonds. The van der Waals surface area contributed by atoms with Gasteiger partial charge in [0, 0.05) is 6.04 Å². The number of hydrogen-bond acceptors (Lipinski definition) is 1. The first-order valence-electron chi connectivity index (χ1n) is 5.98. The fourth-order valence-electron chi connectivity index (χ4n) is 2.26. The van der Waals surface area contributed by atoms with Crippen LogP contribution in [0.2, 0.25) is 0 Å². The second-order valence-electron chi connectivity index (χ2n) is 4.69. The van der Waals surface area contributed by atoms with E-state index in [-0.39, 0.29) is 0 Å². The smallest absolute Gasteiger partial charge is 0.00694 e. The van der Waals surface area contributed by atoms with Gasteiger partial charge in [0.2, 0.25) is 0 Å². The maximum atomic E-state index is 2.68. The van der Waals surface area contributed by atoms with Crippen molar-refractivity contribution < 1.29 is 0 Å². The van der Waals surface area contributed by atoms with Gasteiger partial charge in [0.25, 0.3) is 0 Å². The Morgan fingerprint density at radius 1 is 1.08 bits per heavy atom. The first kappa shape index (κ1) is 11.0. The highest BCUT2D eigenvalue weighted by Crippen LogP contribution is 2.18. The van der Waals surface area contributed by atoms with E-state index in [2.05, 4.69) is 25.7 Å². The summed E-state index contributed by atoms with van der Waals surface area (Å²) in [5, 5.41) is 0. The molecule has 1 heteroatoms. The van der Waals surface area contributed by atoms with Crippen LogP contribution in [0.5, 0.6) is 0 Å². The van der Waals surface area contributed by atoms with Crippen LogP contribution in [0.15, 0.2) is 0 Å². The van der Waals surface area contributed by atoms with Crippen LogP contribution in [-0.4, -0.2) is 24.0 Å². The molecule has 0 aliphatic carbocycles. The predicted molar refractivity (Wildman–Crippen MR) is 59.0 cm³/mol. The van der Waals surface area contributed by atoms with E-state index in [0.29, 0.717) is 0 Å². The fourth-order valence-corrected chi connectivity index (χ4v) is 2.26. The van der Waals surface area contributed by atoms with E-state index in [1.54, 1.807) is 0 Å². The Balaban J connectivity index is 2.24. The predicted octanol–water partition coefficient (Wildman–Crippen LogP) is 3.30. The average molecular weight is 183 g/mol. The molecule has 2 atom stereocenters. The summed E-state index contributed by atoms with van der Waals surface area (Å²) in [5.74, 6) is 0.900. The van der Waals surface area contributed by atoms with Crippen LogP contribution in [-0.2, 0) is 0 Å². The topological polar surface area (TPSA) is 3.24 Å². The molecule has 1 aliphatic heterocycles. The largest absolute Gasteiger partial charge is 0.301 e. The molecule has 1 rings (SSSR count). The lowest BCUT2D eigenvalue weighted by Gasteiger charge is -2.33. The van der Waals surface area contributed by atoms with Crippen molar-refractivity contribution >= 4 is 0 Å². The highest BCUT2D eigenvalue weighted by atomic mass is 15.1. The van der Waals surface area contributed by atoms with Crippen LogP contribution in [0.1, 0.15) is 52.9 Å². The molecule has 1 fully saturated rings. The summed E-state index contributed by atoms with van der Waals surface area (Å²) in [4.78, 5) is 2.68. The van der Waals surface area contributed by atoms with E-state index in [9.17, 15) is 0 Å². The molecular formula is C12H25N. The van der Waals surface area contributed by atoms with Gasteiger partial charge in [-0.3, -0.25) is 0 Å². The van der Waals surface area contributed by atoms with E-state index in [0.717, 1.165) is 12.0 Å². The molecule has 0 saturated carbocycles. The van der Waals surface area contributed by atoms with Crippen molar-refractivity contribution in [1.82, 2.24) is 4.90 Å².